The Morgan fingerprint density at radius 2 is 1.71 bits per heavy atom. The molecule has 0 amide bonds. The van der Waals surface area contributed by atoms with Crippen LogP contribution in [-0.4, -0.2) is 15.0 Å². The number of rotatable bonds is 3. The lowest BCUT2D eigenvalue weighted by Gasteiger charge is -2.08. The summed E-state index contributed by atoms with van der Waals surface area (Å²) in [6.45, 7) is 0.619. The summed E-state index contributed by atoms with van der Waals surface area (Å²) in [6, 6.07) is 24.3. The molecule has 4 nitrogen and oxygen atoms in total. The largest absolute Gasteiger partial charge is 0.240 e. The van der Waals surface area contributed by atoms with Gasteiger partial charge in [-0.2, -0.15) is 5.26 Å². The third-order valence-electron chi connectivity index (χ3n) is 4.08. The van der Waals surface area contributed by atoms with E-state index in [4.69, 9.17) is 5.26 Å². The van der Waals surface area contributed by atoms with Crippen molar-refractivity contribution in [1.82, 2.24) is 15.0 Å². The Morgan fingerprint density at radius 3 is 2.50 bits per heavy atom. The molecule has 0 saturated carbocycles. The molecule has 1 heterocycles. The van der Waals surface area contributed by atoms with E-state index in [1.165, 1.54) is 10.8 Å². The zero-order valence-electron chi connectivity index (χ0n) is 12.9. The molecule has 4 aromatic rings. The van der Waals surface area contributed by atoms with Crippen LogP contribution in [0.15, 0.2) is 72.9 Å². The molecule has 4 rings (SSSR count). The van der Waals surface area contributed by atoms with Crippen LogP contribution in [0.4, 0.5) is 0 Å². The van der Waals surface area contributed by atoms with Gasteiger partial charge in [0.2, 0.25) is 0 Å². The van der Waals surface area contributed by atoms with Gasteiger partial charge in [-0.1, -0.05) is 53.7 Å². The standard InChI is InChI=1S/C20H14N4/c21-12-15-5-7-16(8-6-15)14-24-20(13-22-23-24)19-10-9-17-3-1-2-4-18(17)11-19/h1-11,13H,14H2. The van der Waals surface area contributed by atoms with Gasteiger partial charge < -0.3 is 0 Å². The highest BCUT2D eigenvalue weighted by Crippen LogP contribution is 2.24. The smallest absolute Gasteiger partial charge is 0.0991 e. The van der Waals surface area contributed by atoms with Gasteiger partial charge in [-0.3, -0.25) is 0 Å². The lowest BCUT2D eigenvalue weighted by atomic mass is 10.1. The summed E-state index contributed by atoms with van der Waals surface area (Å²) in [5.74, 6) is 0. The molecule has 24 heavy (non-hydrogen) atoms. The van der Waals surface area contributed by atoms with Crippen LogP contribution in [0.1, 0.15) is 11.1 Å². The van der Waals surface area contributed by atoms with Crippen molar-refractivity contribution in [1.29, 1.82) is 5.26 Å². The fourth-order valence-electron chi connectivity index (χ4n) is 2.80. The maximum Gasteiger partial charge on any atom is 0.0991 e. The molecule has 0 bridgehead atoms. The van der Waals surface area contributed by atoms with E-state index in [2.05, 4.69) is 46.7 Å². The maximum absolute atomic E-state index is 8.89. The molecule has 1 aromatic heterocycles. The summed E-state index contributed by atoms with van der Waals surface area (Å²) in [5, 5.41) is 19.6. The normalized spacial score (nSPS) is 10.6. The third-order valence-corrected chi connectivity index (χ3v) is 4.08. The van der Waals surface area contributed by atoms with Crippen molar-refractivity contribution in [3.05, 3.63) is 84.1 Å². The number of aromatic nitrogens is 3. The van der Waals surface area contributed by atoms with Crippen LogP contribution in [0.5, 0.6) is 0 Å². The second-order valence-corrected chi connectivity index (χ2v) is 5.65. The topological polar surface area (TPSA) is 54.5 Å². The highest BCUT2D eigenvalue weighted by molar-refractivity contribution is 5.86. The zero-order valence-corrected chi connectivity index (χ0v) is 12.9. The second-order valence-electron chi connectivity index (χ2n) is 5.65. The number of nitrogens with zero attached hydrogens (tertiary/aromatic N) is 4. The molecule has 0 aliphatic rings. The molecule has 0 N–H and O–H groups in total. The lowest BCUT2D eigenvalue weighted by molar-refractivity contribution is 0.655. The lowest BCUT2D eigenvalue weighted by Crippen LogP contribution is -2.04. The molecule has 0 aliphatic heterocycles. The van der Waals surface area contributed by atoms with Crippen molar-refractivity contribution in [2.75, 3.05) is 0 Å². The number of nitriles is 1. The summed E-state index contributed by atoms with van der Waals surface area (Å²) >= 11 is 0. The minimum absolute atomic E-state index is 0.619. The first-order chi connectivity index (χ1) is 11.8. The van der Waals surface area contributed by atoms with Crippen LogP contribution in [-0.2, 0) is 6.54 Å². The van der Waals surface area contributed by atoms with Crippen molar-refractivity contribution in [3.8, 4) is 17.3 Å². The molecule has 0 aliphatic carbocycles. The second kappa shape index (κ2) is 5.98. The van der Waals surface area contributed by atoms with Crippen molar-refractivity contribution < 1.29 is 0 Å². The van der Waals surface area contributed by atoms with Gasteiger partial charge in [0.05, 0.1) is 30.1 Å². The van der Waals surface area contributed by atoms with Crippen molar-refractivity contribution >= 4 is 10.8 Å². The van der Waals surface area contributed by atoms with Crippen LogP contribution in [0.25, 0.3) is 22.0 Å². The van der Waals surface area contributed by atoms with E-state index in [1.807, 2.05) is 41.1 Å². The minimum Gasteiger partial charge on any atom is -0.240 e. The first-order valence-corrected chi connectivity index (χ1v) is 7.70. The van der Waals surface area contributed by atoms with Crippen molar-refractivity contribution in [2.24, 2.45) is 0 Å². The summed E-state index contributed by atoms with van der Waals surface area (Å²) in [4.78, 5) is 0. The van der Waals surface area contributed by atoms with E-state index < -0.39 is 0 Å². The molecule has 4 heteroatoms. The summed E-state index contributed by atoms with van der Waals surface area (Å²) in [6.07, 6.45) is 1.79. The Hall–Kier alpha value is -3.45. The highest BCUT2D eigenvalue weighted by Gasteiger charge is 2.08. The summed E-state index contributed by atoms with van der Waals surface area (Å²) < 4.78 is 1.88. The van der Waals surface area contributed by atoms with Crippen molar-refractivity contribution in [2.45, 2.75) is 6.54 Å². The van der Waals surface area contributed by atoms with Gasteiger partial charge in [0.15, 0.2) is 0 Å². The highest BCUT2D eigenvalue weighted by atomic mass is 15.4. The Kier molecular flexibility index (Phi) is 3.53. The van der Waals surface area contributed by atoms with E-state index in [1.54, 1.807) is 6.20 Å². The van der Waals surface area contributed by atoms with Gasteiger partial charge in [-0.25, -0.2) is 4.68 Å². The minimum atomic E-state index is 0.619. The van der Waals surface area contributed by atoms with E-state index >= 15 is 0 Å². The third kappa shape index (κ3) is 2.64. The first kappa shape index (κ1) is 14.2. The average molecular weight is 310 g/mol. The van der Waals surface area contributed by atoms with Crippen LogP contribution >= 0.6 is 0 Å². The Labute approximate surface area is 139 Å². The van der Waals surface area contributed by atoms with Crippen LogP contribution in [0, 0.1) is 11.3 Å². The molecule has 3 aromatic carbocycles. The predicted molar refractivity (Wildman–Crippen MR) is 93.2 cm³/mol. The van der Waals surface area contributed by atoms with Gasteiger partial charge >= 0.3 is 0 Å². The predicted octanol–water partition coefficient (Wildman–Crippen LogP) is 4.02. The van der Waals surface area contributed by atoms with E-state index in [0.717, 1.165) is 16.8 Å². The zero-order chi connectivity index (χ0) is 16.4. The Balaban J connectivity index is 1.69. The van der Waals surface area contributed by atoms with Gasteiger partial charge in [0, 0.05) is 5.56 Å². The van der Waals surface area contributed by atoms with E-state index in [-0.39, 0.29) is 0 Å². The number of fused-ring (bicyclic) bond motifs is 1. The average Bonchev–Trinajstić information content (AvgIpc) is 3.10. The van der Waals surface area contributed by atoms with E-state index in [9.17, 15) is 0 Å². The SMILES string of the molecule is N#Cc1ccc(Cn2nncc2-c2ccc3ccccc3c2)cc1. The molecule has 0 spiro atoms. The van der Waals surface area contributed by atoms with Crippen LogP contribution in [0.3, 0.4) is 0 Å². The molecule has 0 unspecified atom stereocenters. The number of benzene rings is 3. The molecule has 0 radical (unpaired) electrons. The van der Waals surface area contributed by atoms with Crippen LogP contribution < -0.4 is 0 Å². The molecular weight excluding hydrogens is 296 g/mol. The first-order valence-electron chi connectivity index (χ1n) is 7.70. The molecule has 0 saturated heterocycles. The number of hydrogen-bond donors (Lipinski definition) is 0. The number of hydrogen-bond acceptors (Lipinski definition) is 3. The van der Waals surface area contributed by atoms with Gasteiger partial charge in [0.1, 0.15) is 0 Å². The summed E-state index contributed by atoms with van der Waals surface area (Å²) in [5.41, 5.74) is 3.81. The maximum atomic E-state index is 8.89. The van der Waals surface area contributed by atoms with Gasteiger partial charge in [-0.05, 0) is 34.5 Å². The van der Waals surface area contributed by atoms with Crippen LogP contribution in [0.2, 0.25) is 0 Å². The molecule has 0 fully saturated rings. The monoisotopic (exact) mass is 310 g/mol. The molecular formula is C20H14N4. The fraction of sp³-hybridized carbons (Fsp3) is 0.0500. The Bertz CT molecular complexity index is 1040. The Morgan fingerprint density at radius 1 is 0.917 bits per heavy atom. The van der Waals surface area contributed by atoms with Crippen molar-refractivity contribution in [3.63, 3.8) is 0 Å². The quantitative estimate of drug-likeness (QED) is 0.574. The molecule has 114 valence electrons. The van der Waals surface area contributed by atoms with Gasteiger partial charge in [-0.15, -0.1) is 5.10 Å². The summed E-state index contributed by atoms with van der Waals surface area (Å²) in [7, 11) is 0. The fourth-order valence-corrected chi connectivity index (χ4v) is 2.80. The van der Waals surface area contributed by atoms with E-state index in [0.29, 0.717) is 12.1 Å². The van der Waals surface area contributed by atoms with Gasteiger partial charge in [0.25, 0.3) is 0 Å². The molecule has 0 atom stereocenters.